The van der Waals surface area contributed by atoms with Crippen LogP contribution in [0.15, 0.2) is 29.8 Å². The van der Waals surface area contributed by atoms with Gasteiger partial charge in [0.2, 0.25) is 0 Å². The Morgan fingerprint density at radius 3 is 2.89 bits per heavy atom. The second-order valence-corrected chi connectivity index (χ2v) is 8.11. The first-order chi connectivity index (χ1) is 13.7. The number of hydrogen-bond acceptors (Lipinski definition) is 3. The summed E-state index contributed by atoms with van der Waals surface area (Å²) in [5.41, 5.74) is 3.76. The summed E-state index contributed by atoms with van der Waals surface area (Å²) in [6.45, 7) is 4.46. The molecule has 1 atom stereocenters. The number of rotatable bonds is 5. The van der Waals surface area contributed by atoms with Crippen molar-refractivity contribution in [3.05, 3.63) is 41.0 Å². The molecule has 1 N–H and O–H groups in total. The lowest BCUT2D eigenvalue weighted by Crippen LogP contribution is -2.57. The van der Waals surface area contributed by atoms with E-state index in [2.05, 4.69) is 23.2 Å². The van der Waals surface area contributed by atoms with Crippen molar-refractivity contribution in [1.82, 2.24) is 10.2 Å². The number of anilines is 1. The van der Waals surface area contributed by atoms with Crippen LogP contribution in [-0.2, 0) is 0 Å². The Balaban J connectivity index is 1.48. The van der Waals surface area contributed by atoms with Crippen LogP contribution in [0.25, 0.3) is 0 Å². The van der Waals surface area contributed by atoms with Gasteiger partial charge < -0.3 is 15.1 Å². The van der Waals surface area contributed by atoms with Crippen molar-refractivity contribution in [1.29, 1.82) is 0 Å². The largest absolute Gasteiger partial charge is 0.352 e. The number of allylic oxidation sites excluding steroid dienone is 1. The van der Waals surface area contributed by atoms with Crippen LogP contribution in [-0.4, -0.2) is 42.5 Å². The van der Waals surface area contributed by atoms with Crippen molar-refractivity contribution in [2.75, 3.05) is 24.5 Å². The van der Waals surface area contributed by atoms with Gasteiger partial charge in [0.15, 0.2) is 0 Å². The Morgan fingerprint density at radius 1 is 1.21 bits per heavy atom. The Hall–Kier alpha value is -2.30. The van der Waals surface area contributed by atoms with Gasteiger partial charge in [-0.1, -0.05) is 11.6 Å². The molecule has 1 aromatic carbocycles. The van der Waals surface area contributed by atoms with Crippen molar-refractivity contribution in [3.8, 4) is 0 Å². The molecule has 150 valence electrons. The van der Waals surface area contributed by atoms with E-state index in [9.17, 15) is 9.59 Å². The molecule has 2 heterocycles. The molecule has 5 nitrogen and oxygen atoms in total. The van der Waals surface area contributed by atoms with Gasteiger partial charge in [-0.2, -0.15) is 0 Å². The molecule has 28 heavy (non-hydrogen) atoms. The van der Waals surface area contributed by atoms with E-state index in [4.69, 9.17) is 0 Å². The third-order valence-corrected chi connectivity index (χ3v) is 6.35. The molecule has 1 saturated heterocycles. The number of hydrogen-bond donors (Lipinski definition) is 1. The number of nitrogens with zero attached hydrogens (tertiary/aromatic N) is 2. The molecule has 1 unspecified atom stereocenters. The molecule has 0 radical (unpaired) electrons. The lowest BCUT2D eigenvalue weighted by atomic mass is 9.96. The molecule has 1 aliphatic carbocycles. The van der Waals surface area contributed by atoms with Gasteiger partial charge in [-0.15, -0.1) is 0 Å². The summed E-state index contributed by atoms with van der Waals surface area (Å²) in [6.07, 6.45) is 11.5. The smallest absolute Gasteiger partial charge is 0.257 e. The van der Waals surface area contributed by atoms with Crippen LogP contribution in [0.5, 0.6) is 0 Å². The molecular formula is C23H31N3O2. The van der Waals surface area contributed by atoms with Crippen molar-refractivity contribution < 1.29 is 9.59 Å². The van der Waals surface area contributed by atoms with Gasteiger partial charge in [0.1, 0.15) is 6.17 Å². The van der Waals surface area contributed by atoms with E-state index in [1.165, 1.54) is 31.3 Å². The maximum Gasteiger partial charge on any atom is 0.257 e. The fourth-order valence-corrected chi connectivity index (χ4v) is 4.83. The summed E-state index contributed by atoms with van der Waals surface area (Å²) in [5.74, 6) is 0.0642. The highest BCUT2D eigenvalue weighted by Crippen LogP contribution is 2.35. The number of carbonyl (C=O) groups excluding carboxylic acids is 2. The fraction of sp³-hybridized carbons (Fsp3) is 0.565. The average molecular weight is 382 g/mol. The summed E-state index contributed by atoms with van der Waals surface area (Å²) in [6, 6.07) is 5.55. The minimum atomic E-state index is -0.0474. The minimum Gasteiger partial charge on any atom is -0.352 e. The highest BCUT2D eigenvalue weighted by Gasteiger charge is 2.38. The van der Waals surface area contributed by atoms with Crippen molar-refractivity contribution >= 4 is 17.5 Å². The minimum absolute atomic E-state index is 0.0474. The Morgan fingerprint density at radius 2 is 2.11 bits per heavy atom. The summed E-state index contributed by atoms with van der Waals surface area (Å²) in [4.78, 5) is 29.9. The Bertz CT molecular complexity index is 786. The van der Waals surface area contributed by atoms with Gasteiger partial charge in [0, 0.05) is 25.2 Å². The van der Waals surface area contributed by atoms with Crippen molar-refractivity contribution in [2.45, 2.75) is 64.5 Å². The van der Waals surface area contributed by atoms with Crippen LogP contribution >= 0.6 is 0 Å². The topological polar surface area (TPSA) is 52.7 Å². The molecule has 3 aliphatic rings. The van der Waals surface area contributed by atoms with Gasteiger partial charge in [0.25, 0.3) is 11.8 Å². The van der Waals surface area contributed by atoms with E-state index in [0.29, 0.717) is 12.1 Å². The first kappa shape index (κ1) is 19.0. The second-order valence-electron chi connectivity index (χ2n) is 8.11. The highest BCUT2D eigenvalue weighted by atomic mass is 16.2. The normalized spacial score (nSPS) is 21.7. The molecule has 4 rings (SSSR count). The highest BCUT2D eigenvalue weighted by molar-refractivity contribution is 6.04. The Labute approximate surface area is 167 Å². The third-order valence-electron chi connectivity index (χ3n) is 6.35. The summed E-state index contributed by atoms with van der Waals surface area (Å²) < 4.78 is 0. The first-order valence-corrected chi connectivity index (χ1v) is 10.9. The van der Waals surface area contributed by atoms with E-state index in [-0.39, 0.29) is 18.0 Å². The number of nitrogens with one attached hydrogen (secondary N) is 1. The summed E-state index contributed by atoms with van der Waals surface area (Å²) >= 11 is 0. The number of piperidine rings is 1. The second kappa shape index (κ2) is 8.38. The number of amides is 2. The van der Waals surface area contributed by atoms with Gasteiger partial charge in [-0.25, -0.2) is 0 Å². The molecule has 0 aromatic heterocycles. The van der Waals surface area contributed by atoms with Crippen LogP contribution < -0.4 is 10.2 Å². The summed E-state index contributed by atoms with van der Waals surface area (Å²) in [7, 11) is 0. The molecule has 0 saturated carbocycles. The molecular weight excluding hydrogens is 350 g/mol. The standard InChI is InChI=1S/C23H31N3O2/c1-2-25-20-16-18(22(27)24-14-13-17-8-4-3-5-9-17)11-12-19(20)23(28)26-15-7-6-10-21(25)26/h8,11-12,16,21H,2-7,9-10,13-15H2,1H3,(H,24,27). The monoisotopic (exact) mass is 381 g/mol. The summed E-state index contributed by atoms with van der Waals surface area (Å²) in [5, 5.41) is 3.06. The van der Waals surface area contributed by atoms with Crippen LogP contribution in [0, 0.1) is 0 Å². The van der Waals surface area contributed by atoms with Gasteiger partial charge >= 0.3 is 0 Å². The zero-order chi connectivity index (χ0) is 19.5. The maximum absolute atomic E-state index is 12.9. The van der Waals surface area contributed by atoms with Crippen LogP contribution in [0.4, 0.5) is 5.69 Å². The van der Waals surface area contributed by atoms with Gasteiger partial charge in [-0.05, 0) is 76.5 Å². The molecule has 1 aromatic rings. The van der Waals surface area contributed by atoms with E-state index in [1.807, 2.05) is 17.0 Å². The Kier molecular flexibility index (Phi) is 5.69. The van der Waals surface area contributed by atoms with Crippen molar-refractivity contribution in [2.24, 2.45) is 0 Å². The van der Waals surface area contributed by atoms with Crippen LogP contribution in [0.1, 0.15) is 79.0 Å². The van der Waals surface area contributed by atoms with Crippen molar-refractivity contribution in [3.63, 3.8) is 0 Å². The van der Waals surface area contributed by atoms with E-state index >= 15 is 0 Å². The predicted molar refractivity (Wildman–Crippen MR) is 112 cm³/mol. The number of benzene rings is 1. The quantitative estimate of drug-likeness (QED) is 0.782. The van der Waals surface area contributed by atoms with E-state index < -0.39 is 0 Å². The van der Waals surface area contributed by atoms with E-state index in [0.717, 1.165) is 50.0 Å². The molecule has 1 fully saturated rings. The molecule has 0 bridgehead atoms. The first-order valence-electron chi connectivity index (χ1n) is 10.9. The average Bonchev–Trinajstić information content (AvgIpc) is 2.74. The molecule has 5 heteroatoms. The van der Waals surface area contributed by atoms with E-state index in [1.54, 1.807) is 6.07 Å². The van der Waals surface area contributed by atoms with Gasteiger partial charge in [-0.3, -0.25) is 9.59 Å². The lowest BCUT2D eigenvalue weighted by molar-refractivity contribution is 0.0582. The van der Waals surface area contributed by atoms with Crippen LogP contribution in [0.2, 0.25) is 0 Å². The number of carbonyl (C=O) groups is 2. The zero-order valence-corrected chi connectivity index (χ0v) is 16.9. The predicted octanol–water partition coefficient (Wildman–Crippen LogP) is 4.10. The maximum atomic E-state index is 12.9. The lowest BCUT2D eigenvalue weighted by Gasteiger charge is -2.47. The fourth-order valence-electron chi connectivity index (χ4n) is 4.83. The third kappa shape index (κ3) is 3.67. The SMILES string of the molecule is CCN1c2cc(C(=O)NCCC3=CCCCC3)ccc2C(=O)N2CCCCC21. The molecule has 2 aliphatic heterocycles. The zero-order valence-electron chi connectivity index (χ0n) is 16.9. The molecule has 2 amide bonds. The van der Waals surface area contributed by atoms with Crippen LogP contribution in [0.3, 0.4) is 0 Å². The van der Waals surface area contributed by atoms with Gasteiger partial charge in [0.05, 0.1) is 11.3 Å². The number of fused-ring (bicyclic) bond motifs is 2. The molecule has 0 spiro atoms.